The number of nitrogens with zero attached hydrogens (tertiary/aromatic N) is 3. The Labute approximate surface area is 151 Å². The molecule has 1 aromatic carbocycles. The Bertz CT molecular complexity index is 747. The molecule has 138 valence electrons. The summed E-state index contributed by atoms with van der Waals surface area (Å²) in [5.74, 6) is 0.801. The SMILES string of the molecule is COC(=O)N1CCCC[C@H]1C(=O)NCCc1noc(-c2ccccc2)n1. The van der Waals surface area contributed by atoms with Gasteiger partial charge in [-0.1, -0.05) is 23.4 Å². The number of hydrogen-bond acceptors (Lipinski definition) is 6. The van der Waals surface area contributed by atoms with E-state index in [1.54, 1.807) is 0 Å². The van der Waals surface area contributed by atoms with Gasteiger partial charge in [-0.15, -0.1) is 0 Å². The lowest BCUT2D eigenvalue weighted by Gasteiger charge is -2.33. The van der Waals surface area contributed by atoms with Gasteiger partial charge in [-0.25, -0.2) is 4.79 Å². The third kappa shape index (κ3) is 4.19. The summed E-state index contributed by atoms with van der Waals surface area (Å²) in [7, 11) is 1.33. The van der Waals surface area contributed by atoms with Gasteiger partial charge in [0, 0.05) is 25.1 Å². The largest absolute Gasteiger partial charge is 0.453 e. The normalized spacial score (nSPS) is 17.0. The summed E-state index contributed by atoms with van der Waals surface area (Å²) in [4.78, 5) is 30.0. The van der Waals surface area contributed by atoms with Crippen molar-refractivity contribution in [2.24, 2.45) is 0 Å². The summed E-state index contributed by atoms with van der Waals surface area (Å²) in [6, 6.07) is 9.01. The Balaban J connectivity index is 1.52. The number of benzene rings is 1. The molecule has 26 heavy (non-hydrogen) atoms. The average Bonchev–Trinajstić information content (AvgIpc) is 3.17. The molecule has 0 aliphatic carbocycles. The first kappa shape index (κ1) is 17.9. The van der Waals surface area contributed by atoms with Crippen molar-refractivity contribution in [2.75, 3.05) is 20.2 Å². The highest BCUT2D eigenvalue weighted by Crippen LogP contribution is 2.18. The number of aromatic nitrogens is 2. The summed E-state index contributed by atoms with van der Waals surface area (Å²) < 4.78 is 10.0. The van der Waals surface area contributed by atoms with E-state index < -0.39 is 12.1 Å². The highest BCUT2D eigenvalue weighted by Gasteiger charge is 2.32. The highest BCUT2D eigenvalue weighted by atomic mass is 16.5. The number of carbonyl (C=O) groups is 2. The van der Waals surface area contributed by atoms with Crippen molar-refractivity contribution in [3.8, 4) is 11.5 Å². The predicted octanol–water partition coefficient (Wildman–Crippen LogP) is 2.02. The lowest BCUT2D eigenvalue weighted by atomic mass is 10.0. The summed E-state index contributed by atoms with van der Waals surface area (Å²) in [6.45, 7) is 0.911. The molecule has 1 aromatic heterocycles. The molecule has 0 unspecified atom stereocenters. The predicted molar refractivity (Wildman–Crippen MR) is 93.2 cm³/mol. The number of ether oxygens (including phenoxy) is 1. The van der Waals surface area contributed by atoms with Gasteiger partial charge in [-0.3, -0.25) is 9.69 Å². The zero-order valence-electron chi connectivity index (χ0n) is 14.7. The molecular formula is C18H22N4O4. The first-order valence-corrected chi connectivity index (χ1v) is 8.69. The molecule has 8 nitrogen and oxygen atoms in total. The quantitative estimate of drug-likeness (QED) is 0.878. The molecule has 3 rings (SSSR count). The number of rotatable bonds is 5. The Kier molecular flexibility index (Phi) is 5.83. The molecule has 1 fully saturated rings. The summed E-state index contributed by atoms with van der Waals surface area (Å²) in [5, 5.41) is 6.79. The van der Waals surface area contributed by atoms with Gasteiger partial charge in [0.25, 0.3) is 5.89 Å². The Morgan fingerprint density at radius 2 is 2.12 bits per heavy atom. The number of amides is 2. The first-order valence-electron chi connectivity index (χ1n) is 8.69. The molecule has 1 saturated heterocycles. The number of likely N-dealkylation sites (tertiary alicyclic amines) is 1. The molecule has 1 aliphatic rings. The van der Waals surface area contributed by atoms with E-state index in [0.29, 0.717) is 37.6 Å². The van der Waals surface area contributed by atoms with Crippen LogP contribution in [0.2, 0.25) is 0 Å². The topological polar surface area (TPSA) is 97.6 Å². The van der Waals surface area contributed by atoms with Crippen molar-refractivity contribution >= 4 is 12.0 Å². The minimum atomic E-state index is -0.485. The van der Waals surface area contributed by atoms with Crippen LogP contribution < -0.4 is 5.32 Å². The molecule has 1 atom stereocenters. The minimum absolute atomic E-state index is 0.179. The molecule has 2 amide bonds. The Hall–Kier alpha value is -2.90. The average molecular weight is 358 g/mol. The van der Waals surface area contributed by atoms with Crippen LogP contribution in [0.4, 0.5) is 4.79 Å². The summed E-state index contributed by atoms with van der Waals surface area (Å²) in [5.41, 5.74) is 0.853. The van der Waals surface area contributed by atoms with Gasteiger partial charge >= 0.3 is 6.09 Å². The van der Waals surface area contributed by atoms with Crippen molar-refractivity contribution in [1.29, 1.82) is 0 Å². The summed E-state index contributed by atoms with van der Waals surface area (Å²) >= 11 is 0. The lowest BCUT2D eigenvalue weighted by molar-refractivity contribution is -0.126. The molecule has 2 aromatic rings. The van der Waals surface area contributed by atoms with Crippen LogP contribution in [-0.2, 0) is 16.0 Å². The standard InChI is InChI=1S/C18H22N4O4/c1-25-18(24)22-12-6-5-9-14(22)16(23)19-11-10-15-20-17(26-21-15)13-7-3-2-4-8-13/h2-4,7-8,14H,5-6,9-12H2,1H3,(H,19,23)/t14-/m0/s1. The van der Waals surface area contributed by atoms with Gasteiger partial charge in [0.15, 0.2) is 5.82 Å². The third-order valence-electron chi connectivity index (χ3n) is 4.35. The number of hydrogen-bond donors (Lipinski definition) is 1. The van der Waals surface area contributed by atoms with Crippen molar-refractivity contribution in [3.63, 3.8) is 0 Å². The molecule has 8 heteroatoms. The molecule has 1 aliphatic heterocycles. The highest BCUT2D eigenvalue weighted by molar-refractivity contribution is 5.85. The van der Waals surface area contributed by atoms with E-state index in [1.807, 2.05) is 30.3 Å². The van der Waals surface area contributed by atoms with Crippen LogP contribution in [0.25, 0.3) is 11.5 Å². The van der Waals surface area contributed by atoms with Crippen molar-refractivity contribution in [3.05, 3.63) is 36.2 Å². The maximum Gasteiger partial charge on any atom is 0.410 e. The van der Waals surface area contributed by atoms with Gasteiger partial charge in [-0.05, 0) is 31.4 Å². The van der Waals surface area contributed by atoms with Crippen molar-refractivity contribution < 1.29 is 18.8 Å². The van der Waals surface area contributed by atoms with E-state index in [-0.39, 0.29) is 5.91 Å². The Morgan fingerprint density at radius 1 is 1.31 bits per heavy atom. The van der Waals surface area contributed by atoms with E-state index in [0.717, 1.165) is 18.4 Å². The van der Waals surface area contributed by atoms with E-state index in [2.05, 4.69) is 15.5 Å². The van der Waals surface area contributed by atoms with E-state index in [1.165, 1.54) is 12.0 Å². The van der Waals surface area contributed by atoms with Crippen molar-refractivity contribution in [2.45, 2.75) is 31.7 Å². The van der Waals surface area contributed by atoms with E-state index >= 15 is 0 Å². The van der Waals surface area contributed by atoms with E-state index in [9.17, 15) is 9.59 Å². The van der Waals surface area contributed by atoms with Gasteiger partial charge in [0.05, 0.1) is 7.11 Å². The molecular weight excluding hydrogens is 336 g/mol. The third-order valence-corrected chi connectivity index (χ3v) is 4.35. The van der Waals surface area contributed by atoms with Crippen LogP contribution in [0.5, 0.6) is 0 Å². The zero-order valence-corrected chi connectivity index (χ0v) is 14.7. The smallest absolute Gasteiger partial charge is 0.410 e. The molecule has 2 heterocycles. The maximum atomic E-state index is 12.4. The molecule has 0 spiro atoms. The van der Waals surface area contributed by atoms with Crippen LogP contribution >= 0.6 is 0 Å². The van der Waals surface area contributed by atoms with Crippen LogP contribution in [0, 0.1) is 0 Å². The van der Waals surface area contributed by atoms with Gasteiger partial charge in [0.1, 0.15) is 6.04 Å². The minimum Gasteiger partial charge on any atom is -0.453 e. The summed E-state index contributed by atoms with van der Waals surface area (Å²) in [6.07, 6.45) is 2.42. The molecule has 0 radical (unpaired) electrons. The van der Waals surface area contributed by atoms with Crippen LogP contribution in [0.15, 0.2) is 34.9 Å². The first-order chi connectivity index (χ1) is 12.7. The number of piperidine rings is 1. The van der Waals surface area contributed by atoms with Crippen LogP contribution in [0.3, 0.4) is 0 Å². The lowest BCUT2D eigenvalue weighted by Crippen LogP contribution is -2.52. The second kappa shape index (κ2) is 8.46. The molecule has 0 bridgehead atoms. The number of methoxy groups -OCH3 is 1. The molecule has 0 saturated carbocycles. The van der Waals surface area contributed by atoms with Gasteiger partial charge in [0.2, 0.25) is 5.91 Å². The number of carbonyl (C=O) groups excluding carboxylic acids is 2. The van der Waals surface area contributed by atoms with Crippen LogP contribution in [0.1, 0.15) is 25.1 Å². The second-order valence-electron chi connectivity index (χ2n) is 6.10. The van der Waals surface area contributed by atoms with Crippen molar-refractivity contribution in [1.82, 2.24) is 20.4 Å². The fourth-order valence-electron chi connectivity index (χ4n) is 3.01. The fourth-order valence-corrected chi connectivity index (χ4v) is 3.01. The maximum absolute atomic E-state index is 12.4. The van der Waals surface area contributed by atoms with E-state index in [4.69, 9.17) is 9.26 Å². The fraction of sp³-hybridized carbons (Fsp3) is 0.444. The monoisotopic (exact) mass is 358 g/mol. The Morgan fingerprint density at radius 3 is 2.88 bits per heavy atom. The number of nitrogens with one attached hydrogen (secondary N) is 1. The van der Waals surface area contributed by atoms with Crippen LogP contribution in [-0.4, -0.2) is 53.3 Å². The molecule has 1 N–H and O–H groups in total. The van der Waals surface area contributed by atoms with Gasteiger partial charge < -0.3 is 14.6 Å². The van der Waals surface area contributed by atoms with Gasteiger partial charge in [-0.2, -0.15) is 4.98 Å². The zero-order chi connectivity index (χ0) is 18.4. The second-order valence-corrected chi connectivity index (χ2v) is 6.10.